The van der Waals surface area contributed by atoms with Crippen molar-refractivity contribution in [3.63, 3.8) is 0 Å². The third kappa shape index (κ3) is 1.67. The number of aryl methyl sites for hydroxylation is 1. The second kappa shape index (κ2) is 3.52. The summed E-state index contributed by atoms with van der Waals surface area (Å²) in [6.07, 6.45) is -0.889. The summed E-state index contributed by atoms with van der Waals surface area (Å²) < 4.78 is 5.47. The summed E-state index contributed by atoms with van der Waals surface area (Å²) in [4.78, 5) is 12.1. The van der Waals surface area contributed by atoms with Crippen LogP contribution in [0.5, 0.6) is 0 Å². The molecule has 88 valence electrons. The zero-order valence-corrected chi connectivity index (χ0v) is 9.43. The van der Waals surface area contributed by atoms with Gasteiger partial charge in [0.1, 0.15) is 11.5 Å². The highest BCUT2D eigenvalue weighted by Crippen LogP contribution is 2.40. The molecule has 0 bridgehead atoms. The maximum absolute atomic E-state index is 10.7. The molecular formula is C11H16N2O3. The molecule has 0 aromatic carbocycles. The molecule has 0 aliphatic carbocycles. The van der Waals surface area contributed by atoms with E-state index in [1.54, 1.807) is 0 Å². The lowest BCUT2D eigenvalue weighted by molar-refractivity contribution is 0.000200. The Morgan fingerprint density at radius 2 is 2.25 bits per heavy atom. The summed E-state index contributed by atoms with van der Waals surface area (Å²) in [5.74, 6) is 1.55. The van der Waals surface area contributed by atoms with Crippen LogP contribution in [0.15, 0.2) is 16.5 Å². The Morgan fingerprint density at radius 1 is 1.62 bits per heavy atom. The van der Waals surface area contributed by atoms with Crippen LogP contribution in [0.4, 0.5) is 4.79 Å². The van der Waals surface area contributed by atoms with E-state index in [2.05, 4.69) is 0 Å². The number of amides is 1. The molecule has 0 spiro atoms. The molecule has 1 saturated heterocycles. The van der Waals surface area contributed by atoms with Crippen LogP contribution >= 0.6 is 0 Å². The van der Waals surface area contributed by atoms with E-state index in [1.807, 2.05) is 26.0 Å². The van der Waals surface area contributed by atoms with Crippen LogP contribution in [0.1, 0.15) is 24.5 Å². The minimum atomic E-state index is -0.889. The highest BCUT2D eigenvalue weighted by molar-refractivity contribution is 5.66. The van der Waals surface area contributed by atoms with Crippen LogP contribution in [0.2, 0.25) is 0 Å². The van der Waals surface area contributed by atoms with Crippen molar-refractivity contribution in [1.82, 2.24) is 4.90 Å². The molecule has 1 aromatic heterocycles. The van der Waals surface area contributed by atoms with Crippen molar-refractivity contribution in [3.8, 4) is 0 Å². The van der Waals surface area contributed by atoms with Crippen molar-refractivity contribution in [2.24, 2.45) is 11.1 Å². The highest BCUT2D eigenvalue weighted by atomic mass is 16.4. The van der Waals surface area contributed by atoms with E-state index >= 15 is 0 Å². The molecule has 2 heterocycles. The van der Waals surface area contributed by atoms with Crippen molar-refractivity contribution >= 4 is 6.09 Å². The summed E-state index contributed by atoms with van der Waals surface area (Å²) in [5.41, 5.74) is 5.88. The third-order valence-electron chi connectivity index (χ3n) is 3.19. The van der Waals surface area contributed by atoms with E-state index in [-0.39, 0.29) is 11.5 Å². The Hall–Kier alpha value is -1.49. The van der Waals surface area contributed by atoms with Gasteiger partial charge in [-0.3, -0.25) is 0 Å². The Morgan fingerprint density at radius 3 is 2.69 bits per heavy atom. The number of carbonyl (C=O) groups is 1. The third-order valence-corrected chi connectivity index (χ3v) is 3.19. The van der Waals surface area contributed by atoms with Gasteiger partial charge < -0.3 is 20.2 Å². The van der Waals surface area contributed by atoms with Gasteiger partial charge in [0.25, 0.3) is 0 Å². The van der Waals surface area contributed by atoms with Gasteiger partial charge in [-0.25, -0.2) is 4.79 Å². The lowest BCUT2D eigenvalue weighted by atomic mass is 9.75. The lowest BCUT2D eigenvalue weighted by Crippen LogP contribution is -2.60. The molecule has 5 heteroatoms. The molecule has 3 N–H and O–H groups in total. The van der Waals surface area contributed by atoms with Gasteiger partial charge >= 0.3 is 6.09 Å². The lowest BCUT2D eigenvalue weighted by Gasteiger charge is -2.49. The first-order valence-corrected chi connectivity index (χ1v) is 5.22. The topological polar surface area (TPSA) is 79.7 Å². The zero-order valence-electron chi connectivity index (χ0n) is 9.43. The Bertz CT molecular complexity index is 407. The van der Waals surface area contributed by atoms with Gasteiger partial charge in [-0.2, -0.15) is 0 Å². The first kappa shape index (κ1) is 11.0. The number of furan rings is 1. The second-order valence-corrected chi connectivity index (χ2v) is 4.72. The van der Waals surface area contributed by atoms with Crippen molar-refractivity contribution in [2.45, 2.75) is 19.9 Å². The zero-order chi connectivity index (χ0) is 11.9. The number of nitrogens with zero attached hydrogens (tertiary/aromatic N) is 1. The average Bonchev–Trinajstić information content (AvgIpc) is 2.58. The standard InChI is InChI=1S/C11H16N2O3/c1-7-3-4-8(16-7)9(12)11(2)5-13(6-11)10(14)15/h3-4,9H,5-6,12H2,1-2H3,(H,14,15). The van der Waals surface area contributed by atoms with Crippen LogP contribution < -0.4 is 5.73 Å². The molecule has 5 nitrogen and oxygen atoms in total. The van der Waals surface area contributed by atoms with Gasteiger partial charge in [-0.15, -0.1) is 0 Å². The summed E-state index contributed by atoms with van der Waals surface area (Å²) in [7, 11) is 0. The van der Waals surface area contributed by atoms with Gasteiger partial charge in [-0.1, -0.05) is 6.92 Å². The second-order valence-electron chi connectivity index (χ2n) is 4.72. The number of nitrogens with two attached hydrogens (primary N) is 1. The van der Waals surface area contributed by atoms with Gasteiger partial charge in [0.2, 0.25) is 0 Å². The fourth-order valence-electron chi connectivity index (χ4n) is 2.12. The van der Waals surface area contributed by atoms with Crippen molar-refractivity contribution in [1.29, 1.82) is 0 Å². The van der Waals surface area contributed by atoms with E-state index in [0.717, 1.165) is 11.5 Å². The van der Waals surface area contributed by atoms with Crippen molar-refractivity contribution in [3.05, 3.63) is 23.7 Å². The maximum Gasteiger partial charge on any atom is 0.407 e. The van der Waals surface area contributed by atoms with E-state index in [4.69, 9.17) is 15.3 Å². The molecule has 16 heavy (non-hydrogen) atoms. The van der Waals surface area contributed by atoms with E-state index in [1.165, 1.54) is 4.90 Å². The Balaban J connectivity index is 2.06. The van der Waals surface area contributed by atoms with Crippen molar-refractivity contribution < 1.29 is 14.3 Å². The number of hydrogen-bond acceptors (Lipinski definition) is 3. The van der Waals surface area contributed by atoms with Gasteiger partial charge in [-0.05, 0) is 19.1 Å². The fourth-order valence-corrected chi connectivity index (χ4v) is 2.12. The molecule has 1 unspecified atom stereocenters. The predicted molar refractivity (Wildman–Crippen MR) is 58.1 cm³/mol. The number of carboxylic acid groups (broad SMARTS) is 1. The van der Waals surface area contributed by atoms with E-state index in [9.17, 15) is 4.79 Å². The summed E-state index contributed by atoms with van der Waals surface area (Å²) >= 11 is 0. The average molecular weight is 224 g/mol. The van der Waals surface area contributed by atoms with Gasteiger partial charge in [0, 0.05) is 18.5 Å². The Kier molecular flexibility index (Phi) is 2.42. The summed E-state index contributed by atoms with van der Waals surface area (Å²) in [6, 6.07) is 3.47. The first-order valence-electron chi connectivity index (χ1n) is 5.22. The molecule has 1 aromatic rings. The molecular weight excluding hydrogens is 208 g/mol. The minimum absolute atomic E-state index is 0.220. The normalized spacial score (nSPS) is 20.3. The summed E-state index contributed by atoms with van der Waals surface area (Å²) in [6.45, 7) is 4.77. The smallest absolute Gasteiger partial charge is 0.407 e. The SMILES string of the molecule is Cc1ccc(C(N)C2(C)CN(C(=O)O)C2)o1. The Labute approximate surface area is 93.8 Å². The van der Waals surface area contributed by atoms with Crippen LogP contribution in [0.25, 0.3) is 0 Å². The van der Waals surface area contributed by atoms with Crippen LogP contribution in [0.3, 0.4) is 0 Å². The number of rotatable bonds is 2. The molecule has 0 radical (unpaired) electrons. The van der Waals surface area contributed by atoms with Crippen LogP contribution in [0, 0.1) is 12.3 Å². The van der Waals surface area contributed by atoms with E-state index in [0.29, 0.717) is 13.1 Å². The maximum atomic E-state index is 10.7. The molecule has 1 atom stereocenters. The highest BCUT2D eigenvalue weighted by Gasteiger charge is 2.47. The quantitative estimate of drug-likeness (QED) is 0.799. The molecule has 0 saturated carbocycles. The summed E-state index contributed by atoms with van der Waals surface area (Å²) in [5, 5.41) is 8.78. The van der Waals surface area contributed by atoms with Gasteiger partial charge in [0.15, 0.2) is 0 Å². The van der Waals surface area contributed by atoms with Crippen molar-refractivity contribution in [2.75, 3.05) is 13.1 Å². The molecule has 1 aliphatic rings. The molecule has 1 fully saturated rings. The molecule has 1 aliphatic heterocycles. The monoisotopic (exact) mass is 224 g/mol. The molecule has 1 amide bonds. The van der Waals surface area contributed by atoms with E-state index < -0.39 is 6.09 Å². The first-order chi connectivity index (χ1) is 7.42. The molecule has 2 rings (SSSR count). The van der Waals surface area contributed by atoms with Crippen LogP contribution in [-0.4, -0.2) is 29.2 Å². The van der Waals surface area contributed by atoms with Crippen LogP contribution in [-0.2, 0) is 0 Å². The predicted octanol–water partition coefficient (Wildman–Crippen LogP) is 1.59. The largest absolute Gasteiger partial charge is 0.465 e. The number of hydrogen-bond donors (Lipinski definition) is 2. The number of likely N-dealkylation sites (tertiary alicyclic amines) is 1. The fraction of sp³-hybridized carbons (Fsp3) is 0.545. The minimum Gasteiger partial charge on any atom is -0.465 e. The van der Waals surface area contributed by atoms with Gasteiger partial charge in [0.05, 0.1) is 6.04 Å².